The van der Waals surface area contributed by atoms with Gasteiger partial charge >= 0.3 is 19.8 Å². The Bertz CT molecular complexity index is 1160. The van der Waals surface area contributed by atoms with E-state index in [1.807, 2.05) is 0 Å². The maximum Gasteiger partial charge on any atom is 0.472 e. The van der Waals surface area contributed by atoms with Crippen LogP contribution in [0.5, 0.6) is 0 Å². The van der Waals surface area contributed by atoms with Gasteiger partial charge in [0, 0.05) is 12.8 Å². The molecule has 3 atom stereocenters. The lowest BCUT2D eigenvalue weighted by molar-refractivity contribution is -0.147. The van der Waals surface area contributed by atoms with E-state index >= 15 is 0 Å². The molecule has 60 heavy (non-hydrogen) atoms. The molecule has 0 spiro atoms. The fraction of sp³-hybridized carbons (Fsp3) is 0.812. The van der Waals surface area contributed by atoms with Gasteiger partial charge in [-0.15, -0.1) is 0 Å². The van der Waals surface area contributed by atoms with Gasteiger partial charge in [0.15, 0.2) is 6.04 Å². The third kappa shape index (κ3) is 42.4. The second kappa shape index (κ2) is 43.4. The quantitative estimate of drug-likeness (QED) is 0.0200. The standard InChI is InChI=1S/C48H88NO10P/c1-3-5-7-9-11-13-15-17-19-20-21-22-23-24-26-27-29-31-33-35-37-39-46(51)49-45(48(53)54)43-59-60(55,56)58-42-44(50)41-57-47(52)40-38-36-34-32-30-28-25-18-16-14-12-10-8-6-4-2/h6,8,12,14,18,25,44-45,50H,3-5,7,9-11,13,15-17,19-24,26-43H2,1-2H3,(H,49,51)(H,53,54)(H,55,56)/b8-6-,14-12-,25-18-. The van der Waals surface area contributed by atoms with E-state index in [0.29, 0.717) is 12.8 Å². The molecule has 0 aliphatic heterocycles. The van der Waals surface area contributed by atoms with Crippen LogP contribution in [0, 0.1) is 0 Å². The molecule has 0 saturated heterocycles. The first-order valence-electron chi connectivity index (χ1n) is 24.0. The van der Waals surface area contributed by atoms with E-state index in [4.69, 9.17) is 13.8 Å². The number of hydrogen-bond acceptors (Lipinski definition) is 8. The third-order valence-corrected chi connectivity index (χ3v) is 11.4. The highest BCUT2D eigenvalue weighted by Gasteiger charge is 2.28. The smallest absolute Gasteiger partial charge is 0.472 e. The molecule has 1 amide bonds. The van der Waals surface area contributed by atoms with Gasteiger partial charge in [-0.2, -0.15) is 0 Å². The van der Waals surface area contributed by atoms with Gasteiger partial charge < -0.3 is 25.2 Å². The molecule has 0 aliphatic rings. The number of phosphoric acid groups is 1. The van der Waals surface area contributed by atoms with Crippen molar-refractivity contribution in [2.75, 3.05) is 19.8 Å². The van der Waals surface area contributed by atoms with Crippen molar-refractivity contribution in [3.05, 3.63) is 36.5 Å². The topological polar surface area (TPSA) is 169 Å². The molecule has 0 fully saturated rings. The zero-order valence-electron chi connectivity index (χ0n) is 38.0. The Kier molecular flexibility index (Phi) is 41.7. The Morgan fingerprint density at radius 3 is 1.45 bits per heavy atom. The van der Waals surface area contributed by atoms with Gasteiger partial charge in [-0.3, -0.25) is 18.6 Å². The zero-order chi connectivity index (χ0) is 44.2. The molecule has 0 rings (SSSR count). The number of aliphatic hydroxyl groups excluding tert-OH is 1. The molecule has 0 aromatic rings. The Hall–Kier alpha value is -2.30. The number of phosphoric ester groups is 1. The van der Waals surface area contributed by atoms with Crippen molar-refractivity contribution < 1.29 is 47.8 Å². The summed E-state index contributed by atoms with van der Waals surface area (Å²) in [5.41, 5.74) is 0. The molecule has 350 valence electrons. The number of allylic oxidation sites excluding steroid dienone is 6. The Morgan fingerprint density at radius 1 is 0.550 bits per heavy atom. The number of carboxylic acid groups (broad SMARTS) is 1. The molecule has 0 aliphatic carbocycles. The molecule has 0 aromatic carbocycles. The summed E-state index contributed by atoms with van der Waals surface area (Å²) < 4.78 is 26.9. The third-order valence-electron chi connectivity index (χ3n) is 10.4. The van der Waals surface area contributed by atoms with Crippen molar-refractivity contribution in [1.29, 1.82) is 0 Å². The van der Waals surface area contributed by atoms with Crippen molar-refractivity contribution in [1.82, 2.24) is 5.32 Å². The minimum atomic E-state index is -4.76. The summed E-state index contributed by atoms with van der Waals surface area (Å²) in [6.07, 6.45) is 47.4. The number of carbonyl (C=O) groups excluding carboxylic acids is 2. The van der Waals surface area contributed by atoms with Gasteiger partial charge in [0.25, 0.3) is 0 Å². The van der Waals surface area contributed by atoms with Crippen molar-refractivity contribution >= 4 is 25.7 Å². The number of carboxylic acids is 1. The van der Waals surface area contributed by atoms with Gasteiger partial charge in [0.1, 0.15) is 12.7 Å². The molecular weight excluding hydrogens is 781 g/mol. The number of rotatable bonds is 45. The van der Waals surface area contributed by atoms with E-state index < -0.39 is 57.6 Å². The molecule has 0 heterocycles. The van der Waals surface area contributed by atoms with E-state index in [0.717, 1.165) is 70.6 Å². The monoisotopic (exact) mass is 870 g/mol. The number of aliphatic hydroxyl groups is 1. The first kappa shape index (κ1) is 57.7. The van der Waals surface area contributed by atoms with E-state index in [9.17, 15) is 34.1 Å². The minimum absolute atomic E-state index is 0.148. The number of unbranched alkanes of at least 4 members (excludes halogenated alkanes) is 25. The zero-order valence-corrected chi connectivity index (χ0v) is 38.9. The highest BCUT2D eigenvalue weighted by molar-refractivity contribution is 7.47. The highest BCUT2D eigenvalue weighted by Crippen LogP contribution is 2.43. The van der Waals surface area contributed by atoms with Crippen LogP contribution in [0.4, 0.5) is 0 Å². The molecular formula is C48H88NO10P. The van der Waals surface area contributed by atoms with E-state index in [1.165, 1.54) is 109 Å². The van der Waals surface area contributed by atoms with Crippen LogP contribution in [0.25, 0.3) is 0 Å². The van der Waals surface area contributed by atoms with E-state index in [2.05, 4.69) is 55.6 Å². The maximum absolute atomic E-state index is 12.4. The van der Waals surface area contributed by atoms with Crippen LogP contribution in [-0.2, 0) is 32.7 Å². The van der Waals surface area contributed by atoms with Crippen molar-refractivity contribution in [3.63, 3.8) is 0 Å². The highest BCUT2D eigenvalue weighted by atomic mass is 31.2. The predicted molar refractivity (Wildman–Crippen MR) is 245 cm³/mol. The van der Waals surface area contributed by atoms with Crippen molar-refractivity contribution in [3.8, 4) is 0 Å². The Labute approximate surface area is 365 Å². The van der Waals surface area contributed by atoms with Crippen LogP contribution < -0.4 is 5.32 Å². The van der Waals surface area contributed by atoms with Crippen molar-refractivity contribution in [2.24, 2.45) is 0 Å². The normalized spacial score (nSPS) is 13.9. The van der Waals surface area contributed by atoms with Gasteiger partial charge in [0.05, 0.1) is 13.2 Å². The lowest BCUT2D eigenvalue weighted by Crippen LogP contribution is -2.43. The summed E-state index contributed by atoms with van der Waals surface area (Å²) in [6.45, 7) is 2.49. The maximum atomic E-state index is 12.4. The molecule has 11 nitrogen and oxygen atoms in total. The van der Waals surface area contributed by atoms with Gasteiger partial charge in [-0.05, 0) is 44.9 Å². The fourth-order valence-electron chi connectivity index (χ4n) is 6.74. The van der Waals surface area contributed by atoms with Gasteiger partial charge in [-0.25, -0.2) is 9.36 Å². The minimum Gasteiger partial charge on any atom is -0.480 e. The Balaban J connectivity index is 3.84. The van der Waals surface area contributed by atoms with Crippen LogP contribution >= 0.6 is 7.82 Å². The largest absolute Gasteiger partial charge is 0.480 e. The number of esters is 1. The predicted octanol–water partition coefficient (Wildman–Crippen LogP) is 12.8. The molecule has 0 aromatic heterocycles. The molecule has 0 bridgehead atoms. The summed E-state index contributed by atoms with van der Waals surface area (Å²) >= 11 is 0. The van der Waals surface area contributed by atoms with Crippen LogP contribution in [0.15, 0.2) is 36.5 Å². The number of nitrogens with one attached hydrogen (secondary N) is 1. The number of amides is 1. The van der Waals surface area contributed by atoms with Crippen LogP contribution in [0.1, 0.15) is 219 Å². The van der Waals surface area contributed by atoms with E-state index in [-0.39, 0.29) is 12.8 Å². The summed E-state index contributed by atoms with van der Waals surface area (Å²) in [6, 6.07) is -1.55. The number of hydrogen-bond donors (Lipinski definition) is 4. The first-order valence-corrected chi connectivity index (χ1v) is 25.5. The summed E-state index contributed by atoms with van der Waals surface area (Å²) in [5, 5.41) is 21.9. The van der Waals surface area contributed by atoms with Gasteiger partial charge in [0.2, 0.25) is 5.91 Å². The van der Waals surface area contributed by atoms with Crippen LogP contribution in [0.3, 0.4) is 0 Å². The molecule has 12 heteroatoms. The summed E-state index contributed by atoms with van der Waals surface area (Å²) in [7, 11) is -4.76. The first-order chi connectivity index (χ1) is 29.1. The van der Waals surface area contributed by atoms with E-state index in [1.54, 1.807) is 0 Å². The van der Waals surface area contributed by atoms with Gasteiger partial charge in [-0.1, -0.05) is 198 Å². The van der Waals surface area contributed by atoms with Crippen LogP contribution in [-0.4, -0.2) is 64.9 Å². The second-order valence-electron chi connectivity index (χ2n) is 16.3. The second-order valence-corrected chi connectivity index (χ2v) is 17.7. The number of ether oxygens (including phenoxy) is 1. The average molecular weight is 870 g/mol. The molecule has 4 N–H and O–H groups in total. The lowest BCUT2D eigenvalue weighted by Gasteiger charge is -2.18. The average Bonchev–Trinajstić information content (AvgIpc) is 3.22. The molecule has 0 saturated carbocycles. The summed E-state index contributed by atoms with van der Waals surface area (Å²) in [4.78, 5) is 46.0. The SMILES string of the molecule is CC/C=C\C/C=C\C/C=C\CCCCCCCC(=O)OCC(O)COP(=O)(O)OCC(NC(=O)CCCCCCCCCCCCCCCCCCCCCCC)C(=O)O. The fourth-order valence-corrected chi connectivity index (χ4v) is 7.52. The Morgan fingerprint density at radius 2 is 0.967 bits per heavy atom. The number of carbonyl (C=O) groups is 3. The van der Waals surface area contributed by atoms with Crippen molar-refractivity contribution in [2.45, 2.75) is 231 Å². The molecule has 3 unspecified atom stereocenters. The summed E-state index contributed by atoms with van der Waals surface area (Å²) in [5.74, 6) is -2.38. The van der Waals surface area contributed by atoms with Crippen LogP contribution in [0.2, 0.25) is 0 Å². The lowest BCUT2D eigenvalue weighted by atomic mass is 10.0. The number of aliphatic carboxylic acids is 1. The molecule has 0 radical (unpaired) electrons.